The Morgan fingerprint density at radius 3 is 2.65 bits per heavy atom. The maximum Gasteiger partial charge on any atom is 0.210 e. The van der Waals surface area contributed by atoms with E-state index in [1.54, 1.807) is 18.0 Å². The minimum absolute atomic E-state index is 0.0271. The van der Waals surface area contributed by atoms with Crippen LogP contribution in [0.5, 0.6) is 5.75 Å². The van der Waals surface area contributed by atoms with Crippen molar-refractivity contribution >= 4 is 17.5 Å². The molecule has 0 atom stereocenters. The number of carbonyl (C=O) groups is 1. The van der Waals surface area contributed by atoms with Crippen molar-refractivity contribution < 1.29 is 9.53 Å². The van der Waals surface area contributed by atoms with Gasteiger partial charge in [0.05, 0.1) is 19.4 Å². The summed E-state index contributed by atoms with van der Waals surface area (Å²) in [6.07, 6.45) is 1.74. The van der Waals surface area contributed by atoms with Gasteiger partial charge >= 0.3 is 0 Å². The Morgan fingerprint density at radius 2 is 1.94 bits per heavy atom. The molecular weight excluding hydrogens is 412 g/mol. The van der Waals surface area contributed by atoms with Gasteiger partial charge in [0.1, 0.15) is 11.6 Å². The second-order valence-electron chi connectivity index (χ2n) is 6.99. The summed E-state index contributed by atoms with van der Waals surface area (Å²) >= 11 is 1.33. The van der Waals surface area contributed by atoms with Crippen LogP contribution >= 0.6 is 11.8 Å². The molecule has 8 nitrogen and oxygen atoms in total. The predicted octanol–water partition coefficient (Wildman–Crippen LogP) is 3.51. The first-order valence-corrected chi connectivity index (χ1v) is 10.7. The van der Waals surface area contributed by atoms with E-state index in [4.69, 9.17) is 4.74 Å². The van der Waals surface area contributed by atoms with E-state index in [-0.39, 0.29) is 11.5 Å². The third-order valence-corrected chi connectivity index (χ3v) is 5.89. The zero-order chi connectivity index (χ0) is 21.8. The highest BCUT2D eigenvalue weighted by Gasteiger charge is 2.18. The number of thioether (sulfide) groups is 1. The van der Waals surface area contributed by atoms with Gasteiger partial charge in [-0.15, -0.1) is 5.10 Å². The molecule has 31 heavy (non-hydrogen) atoms. The highest BCUT2D eigenvalue weighted by Crippen LogP contribution is 2.23. The fourth-order valence-corrected chi connectivity index (χ4v) is 4.15. The smallest absolute Gasteiger partial charge is 0.210 e. The van der Waals surface area contributed by atoms with Crippen LogP contribution < -0.4 is 4.74 Å². The van der Waals surface area contributed by atoms with Crippen molar-refractivity contribution in [2.75, 3.05) is 12.9 Å². The molecule has 0 spiro atoms. The minimum atomic E-state index is 0.0271. The number of ether oxygens (including phenoxy) is 1. The van der Waals surface area contributed by atoms with E-state index in [1.807, 2.05) is 66.9 Å². The van der Waals surface area contributed by atoms with Crippen molar-refractivity contribution in [1.82, 2.24) is 29.8 Å². The van der Waals surface area contributed by atoms with Crippen LogP contribution in [0.1, 0.15) is 27.3 Å². The normalized spacial score (nSPS) is 10.9. The molecule has 0 aliphatic heterocycles. The molecule has 158 valence electrons. The maximum absolute atomic E-state index is 13.0. The van der Waals surface area contributed by atoms with Gasteiger partial charge in [0.15, 0.2) is 5.78 Å². The lowest BCUT2D eigenvalue weighted by molar-refractivity contribution is 0.102. The Bertz CT molecular complexity index is 1180. The van der Waals surface area contributed by atoms with E-state index in [1.165, 1.54) is 11.8 Å². The lowest BCUT2D eigenvalue weighted by Crippen LogP contribution is -2.08. The van der Waals surface area contributed by atoms with Crippen molar-refractivity contribution in [2.45, 2.75) is 25.5 Å². The number of hydrogen-bond acceptors (Lipinski definition) is 7. The highest BCUT2D eigenvalue weighted by atomic mass is 32.2. The summed E-state index contributed by atoms with van der Waals surface area (Å²) in [5.74, 6) is 1.87. The van der Waals surface area contributed by atoms with Crippen molar-refractivity contribution in [3.63, 3.8) is 0 Å². The molecule has 0 amide bonds. The number of carbonyl (C=O) groups excluding carboxylic acids is 1. The average Bonchev–Trinajstić information content (AvgIpc) is 3.36. The molecule has 4 aromatic rings. The molecule has 0 aliphatic carbocycles. The molecule has 0 unspecified atom stereocenters. The van der Waals surface area contributed by atoms with Gasteiger partial charge in [0, 0.05) is 23.1 Å². The Balaban J connectivity index is 1.46. The van der Waals surface area contributed by atoms with Crippen molar-refractivity contribution in [3.8, 4) is 11.6 Å². The molecule has 0 aliphatic rings. The number of Topliss-reactive ketones (excluding diaryl/α,β-unsaturated/α-hetero) is 1. The third-order valence-electron chi connectivity index (χ3n) is 4.93. The average molecular weight is 435 g/mol. The first kappa shape index (κ1) is 20.8. The zero-order valence-electron chi connectivity index (χ0n) is 17.5. The molecule has 0 radical (unpaired) electrons. The first-order chi connectivity index (χ1) is 15.1. The maximum atomic E-state index is 13.0. The van der Waals surface area contributed by atoms with E-state index in [9.17, 15) is 4.79 Å². The van der Waals surface area contributed by atoms with Crippen LogP contribution in [0.2, 0.25) is 0 Å². The third kappa shape index (κ3) is 4.51. The van der Waals surface area contributed by atoms with Crippen molar-refractivity contribution in [1.29, 1.82) is 0 Å². The van der Waals surface area contributed by atoms with E-state index in [0.717, 1.165) is 28.5 Å². The summed E-state index contributed by atoms with van der Waals surface area (Å²) in [6, 6.07) is 15.4. The summed E-state index contributed by atoms with van der Waals surface area (Å²) in [7, 11) is 1.63. The molecule has 0 saturated heterocycles. The Labute approximate surface area is 184 Å². The molecule has 3 aromatic heterocycles. The van der Waals surface area contributed by atoms with Gasteiger partial charge in [-0.2, -0.15) is 0 Å². The Morgan fingerprint density at radius 1 is 1.13 bits per heavy atom. The van der Waals surface area contributed by atoms with Gasteiger partial charge in [0.2, 0.25) is 5.16 Å². The fraction of sp³-hybridized carbons (Fsp3) is 0.227. The highest BCUT2D eigenvalue weighted by molar-refractivity contribution is 7.99. The van der Waals surface area contributed by atoms with Crippen molar-refractivity contribution in [2.24, 2.45) is 0 Å². The second-order valence-corrected chi connectivity index (χ2v) is 7.93. The summed E-state index contributed by atoms with van der Waals surface area (Å²) in [5, 5.41) is 12.5. The van der Waals surface area contributed by atoms with Gasteiger partial charge in [-0.25, -0.2) is 9.67 Å². The molecule has 1 aromatic carbocycles. The summed E-state index contributed by atoms with van der Waals surface area (Å²) < 4.78 is 8.87. The monoisotopic (exact) mass is 434 g/mol. The number of methoxy groups -OCH3 is 1. The Hall–Kier alpha value is -3.46. The molecule has 0 bridgehead atoms. The number of nitrogens with zero attached hydrogens (tertiary/aromatic N) is 6. The first-order valence-electron chi connectivity index (χ1n) is 9.72. The molecule has 0 fully saturated rings. The number of aromatic nitrogens is 6. The fourth-order valence-electron chi connectivity index (χ4n) is 3.39. The van der Waals surface area contributed by atoms with E-state index >= 15 is 0 Å². The van der Waals surface area contributed by atoms with Crippen LogP contribution in [-0.4, -0.2) is 48.4 Å². The number of benzene rings is 1. The van der Waals surface area contributed by atoms with Gasteiger partial charge in [-0.3, -0.25) is 4.79 Å². The van der Waals surface area contributed by atoms with Crippen LogP contribution in [0.15, 0.2) is 59.9 Å². The van der Waals surface area contributed by atoms with Crippen LogP contribution in [0.3, 0.4) is 0 Å². The molecule has 0 saturated carbocycles. The lowest BCUT2D eigenvalue weighted by Gasteiger charge is -2.08. The number of rotatable bonds is 8. The van der Waals surface area contributed by atoms with Gasteiger partial charge < -0.3 is 9.30 Å². The van der Waals surface area contributed by atoms with Crippen LogP contribution in [0.4, 0.5) is 0 Å². The van der Waals surface area contributed by atoms with Crippen LogP contribution in [0, 0.1) is 13.8 Å². The number of aryl methyl sites for hydroxylation is 1. The standard InChI is InChI=1S/C22H22N6O2S/c1-15-12-19(16(2)28(15)21-6-4-5-11-23-21)20(29)14-31-22-24-25-26-27(22)13-17-7-9-18(30-3)10-8-17/h4-12H,13-14H2,1-3H3. The summed E-state index contributed by atoms with van der Waals surface area (Å²) in [5.41, 5.74) is 3.57. The van der Waals surface area contributed by atoms with Crippen LogP contribution in [-0.2, 0) is 6.54 Å². The van der Waals surface area contributed by atoms with E-state index < -0.39 is 0 Å². The summed E-state index contributed by atoms with van der Waals surface area (Å²) in [6.45, 7) is 4.43. The number of tetrazole rings is 1. The minimum Gasteiger partial charge on any atom is -0.497 e. The molecule has 9 heteroatoms. The topological polar surface area (TPSA) is 87.7 Å². The Kier molecular flexibility index (Phi) is 6.13. The largest absolute Gasteiger partial charge is 0.497 e. The van der Waals surface area contributed by atoms with E-state index in [2.05, 4.69) is 20.5 Å². The van der Waals surface area contributed by atoms with E-state index in [0.29, 0.717) is 17.3 Å². The van der Waals surface area contributed by atoms with Gasteiger partial charge in [-0.1, -0.05) is 30.0 Å². The van der Waals surface area contributed by atoms with Crippen molar-refractivity contribution in [3.05, 3.63) is 77.2 Å². The molecule has 0 N–H and O–H groups in total. The number of pyridine rings is 1. The lowest BCUT2D eigenvalue weighted by atomic mass is 10.2. The van der Waals surface area contributed by atoms with Gasteiger partial charge in [0.25, 0.3) is 0 Å². The second kappa shape index (κ2) is 9.13. The molecule has 3 heterocycles. The number of hydrogen-bond donors (Lipinski definition) is 0. The zero-order valence-corrected chi connectivity index (χ0v) is 18.3. The summed E-state index contributed by atoms with van der Waals surface area (Å²) in [4.78, 5) is 17.4. The molecular formula is C22H22N6O2S. The van der Waals surface area contributed by atoms with Crippen LogP contribution in [0.25, 0.3) is 5.82 Å². The quantitative estimate of drug-likeness (QED) is 0.310. The predicted molar refractivity (Wildman–Crippen MR) is 118 cm³/mol. The molecule has 4 rings (SSSR count). The van der Waals surface area contributed by atoms with Gasteiger partial charge in [-0.05, 0) is 60.2 Å². The number of ketones is 1. The SMILES string of the molecule is COc1ccc(Cn2nnnc2SCC(=O)c2cc(C)n(-c3ccccn3)c2C)cc1.